The van der Waals surface area contributed by atoms with Crippen LogP contribution in [0.1, 0.15) is 57.7 Å². The highest BCUT2D eigenvalue weighted by Gasteiger charge is 2.19. The summed E-state index contributed by atoms with van der Waals surface area (Å²) in [7, 11) is 0. The SMILES string of the molecule is CCCCCc1nc(-c2ccc(Cl)cc2)cc(=O)n1CC(=O)CCC1CCC(=O)NC1. The Balaban J connectivity index is 1.74. The molecular weight excluding hydrogens is 414 g/mol. The first kappa shape index (κ1) is 23.2. The van der Waals surface area contributed by atoms with Gasteiger partial charge in [-0.2, -0.15) is 0 Å². The van der Waals surface area contributed by atoms with E-state index in [1.54, 1.807) is 12.1 Å². The Morgan fingerprint density at radius 1 is 1.23 bits per heavy atom. The molecule has 7 heteroatoms. The average molecular weight is 444 g/mol. The van der Waals surface area contributed by atoms with E-state index in [2.05, 4.69) is 12.2 Å². The maximum atomic E-state index is 12.9. The molecule has 1 aliphatic rings. The van der Waals surface area contributed by atoms with Gasteiger partial charge in [0, 0.05) is 42.5 Å². The predicted octanol–water partition coefficient (Wildman–Crippen LogP) is 4.17. The van der Waals surface area contributed by atoms with Gasteiger partial charge in [0.05, 0.1) is 12.2 Å². The van der Waals surface area contributed by atoms with Crippen LogP contribution in [-0.2, 0) is 22.6 Å². The van der Waals surface area contributed by atoms with E-state index in [9.17, 15) is 14.4 Å². The Kier molecular flexibility index (Phi) is 8.41. The number of hydrogen-bond acceptors (Lipinski definition) is 4. The van der Waals surface area contributed by atoms with Crippen LogP contribution in [0.25, 0.3) is 11.3 Å². The van der Waals surface area contributed by atoms with Crippen LogP contribution in [0.15, 0.2) is 35.1 Å². The standard InChI is InChI=1S/C24H30ClN3O3/c1-2-3-4-5-22-27-21(18-8-10-19(25)11-9-18)14-24(31)28(22)16-20(29)12-6-17-7-13-23(30)26-15-17/h8-11,14,17H,2-7,12-13,15-16H2,1H3,(H,26,30). The predicted molar refractivity (Wildman–Crippen MR) is 122 cm³/mol. The Hall–Kier alpha value is -2.47. The van der Waals surface area contributed by atoms with E-state index in [1.807, 2.05) is 12.1 Å². The van der Waals surface area contributed by atoms with Gasteiger partial charge < -0.3 is 5.32 Å². The molecule has 1 N–H and O–H groups in total. The van der Waals surface area contributed by atoms with Crippen molar-refractivity contribution in [2.45, 2.75) is 64.8 Å². The molecule has 1 fully saturated rings. The van der Waals surface area contributed by atoms with Crippen molar-refractivity contribution in [2.75, 3.05) is 6.54 Å². The van der Waals surface area contributed by atoms with Crippen molar-refractivity contribution in [3.05, 3.63) is 51.5 Å². The summed E-state index contributed by atoms with van der Waals surface area (Å²) in [6.07, 6.45) is 6.17. The lowest BCUT2D eigenvalue weighted by Gasteiger charge is -2.22. The summed E-state index contributed by atoms with van der Waals surface area (Å²) in [4.78, 5) is 41.6. The van der Waals surface area contributed by atoms with Gasteiger partial charge in [-0.05, 0) is 37.3 Å². The van der Waals surface area contributed by atoms with E-state index < -0.39 is 0 Å². The lowest BCUT2D eigenvalue weighted by molar-refractivity contribution is -0.123. The number of ketones is 1. The molecule has 0 aliphatic carbocycles. The molecular formula is C24H30ClN3O3. The summed E-state index contributed by atoms with van der Waals surface area (Å²) in [5, 5.41) is 3.48. The normalized spacial score (nSPS) is 16.2. The van der Waals surface area contributed by atoms with Crippen molar-refractivity contribution in [1.82, 2.24) is 14.9 Å². The molecule has 2 heterocycles. The highest BCUT2D eigenvalue weighted by atomic mass is 35.5. The summed E-state index contributed by atoms with van der Waals surface area (Å²) in [6.45, 7) is 2.81. The van der Waals surface area contributed by atoms with Crippen molar-refractivity contribution < 1.29 is 9.59 Å². The van der Waals surface area contributed by atoms with Crippen molar-refractivity contribution in [2.24, 2.45) is 5.92 Å². The zero-order chi connectivity index (χ0) is 22.2. The third-order valence-electron chi connectivity index (χ3n) is 5.76. The fraction of sp³-hybridized carbons (Fsp3) is 0.500. The first-order valence-corrected chi connectivity index (χ1v) is 11.5. The number of carbonyl (C=O) groups excluding carboxylic acids is 2. The van der Waals surface area contributed by atoms with Gasteiger partial charge >= 0.3 is 0 Å². The molecule has 1 aromatic carbocycles. The second-order valence-electron chi connectivity index (χ2n) is 8.23. The fourth-order valence-electron chi connectivity index (χ4n) is 3.87. The van der Waals surface area contributed by atoms with Crippen LogP contribution in [-0.4, -0.2) is 27.8 Å². The van der Waals surface area contributed by atoms with Crippen LogP contribution in [0.3, 0.4) is 0 Å². The van der Waals surface area contributed by atoms with Gasteiger partial charge in [0.15, 0.2) is 5.78 Å². The maximum absolute atomic E-state index is 12.9. The minimum absolute atomic E-state index is 0.0248. The molecule has 1 amide bonds. The van der Waals surface area contributed by atoms with E-state index >= 15 is 0 Å². The number of Topliss-reactive ketones (excluding diaryl/α,β-unsaturated/α-hetero) is 1. The average Bonchev–Trinajstić information content (AvgIpc) is 2.76. The van der Waals surface area contributed by atoms with E-state index in [4.69, 9.17) is 16.6 Å². The smallest absolute Gasteiger partial charge is 0.254 e. The molecule has 0 spiro atoms. The number of nitrogens with zero attached hydrogens (tertiary/aromatic N) is 2. The van der Waals surface area contributed by atoms with Gasteiger partial charge in [0.1, 0.15) is 5.82 Å². The highest BCUT2D eigenvalue weighted by Crippen LogP contribution is 2.20. The molecule has 1 unspecified atom stereocenters. The van der Waals surface area contributed by atoms with Crippen molar-refractivity contribution in [1.29, 1.82) is 0 Å². The van der Waals surface area contributed by atoms with Crippen molar-refractivity contribution >= 4 is 23.3 Å². The summed E-state index contributed by atoms with van der Waals surface area (Å²) < 4.78 is 1.53. The van der Waals surface area contributed by atoms with Crippen molar-refractivity contribution in [3.8, 4) is 11.3 Å². The molecule has 166 valence electrons. The Bertz CT molecular complexity index is 959. The monoisotopic (exact) mass is 443 g/mol. The zero-order valence-electron chi connectivity index (χ0n) is 18.0. The number of carbonyl (C=O) groups is 2. The number of rotatable bonds is 10. The molecule has 1 aliphatic heterocycles. The van der Waals surface area contributed by atoms with Gasteiger partial charge in [-0.15, -0.1) is 0 Å². The van der Waals surface area contributed by atoms with Gasteiger partial charge in [-0.3, -0.25) is 19.0 Å². The van der Waals surface area contributed by atoms with Crippen LogP contribution in [0.2, 0.25) is 5.02 Å². The second kappa shape index (κ2) is 11.2. The van der Waals surface area contributed by atoms with Crippen LogP contribution in [0.4, 0.5) is 0 Å². The molecule has 6 nitrogen and oxygen atoms in total. The molecule has 0 saturated carbocycles. The number of hydrogen-bond donors (Lipinski definition) is 1. The van der Waals surface area contributed by atoms with Crippen molar-refractivity contribution in [3.63, 3.8) is 0 Å². The quantitative estimate of drug-likeness (QED) is 0.559. The minimum atomic E-state index is -0.204. The third-order valence-corrected chi connectivity index (χ3v) is 6.02. The van der Waals surface area contributed by atoms with Crippen LogP contribution in [0, 0.1) is 5.92 Å². The Morgan fingerprint density at radius 3 is 2.68 bits per heavy atom. The third kappa shape index (κ3) is 6.76. The second-order valence-corrected chi connectivity index (χ2v) is 8.67. The van der Waals surface area contributed by atoms with Crippen LogP contribution < -0.4 is 10.9 Å². The molecule has 1 saturated heterocycles. The van der Waals surface area contributed by atoms with Gasteiger partial charge in [0.25, 0.3) is 5.56 Å². The Morgan fingerprint density at radius 2 is 2.00 bits per heavy atom. The highest BCUT2D eigenvalue weighted by molar-refractivity contribution is 6.30. The molecule has 0 radical (unpaired) electrons. The van der Waals surface area contributed by atoms with E-state index in [0.717, 1.165) is 37.7 Å². The largest absolute Gasteiger partial charge is 0.356 e. The lowest BCUT2D eigenvalue weighted by atomic mass is 9.93. The minimum Gasteiger partial charge on any atom is -0.356 e. The molecule has 0 bridgehead atoms. The first-order valence-electron chi connectivity index (χ1n) is 11.1. The van der Waals surface area contributed by atoms with Gasteiger partial charge in [-0.25, -0.2) is 4.98 Å². The number of amides is 1. The first-order chi connectivity index (χ1) is 15.0. The van der Waals surface area contributed by atoms with Crippen LogP contribution in [0.5, 0.6) is 0 Å². The number of benzene rings is 1. The summed E-state index contributed by atoms with van der Waals surface area (Å²) in [5.41, 5.74) is 1.23. The summed E-state index contributed by atoms with van der Waals surface area (Å²) >= 11 is 5.98. The topological polar surface area (TPSA) is 81.1 Å². The number of aromatic nitrogens is 2. The number of halogens is 1. The molecule has 3 rings (SSSR count). The summed E-state index contributed by atoms with van der Waals surface area (Å²) in [5.74, 6) is 1.09. The van der Waals surface area contributed by atoms with E-state index in [-0.39, 0.29) is 23.8 Å². The lowest BCUT2D eigenvalue weighted by Crippen LogP contribution is -2.35. The maximum Gasteiger partial charge on any atom is 0.254 e. The van der Waals surface area contributed by atoms with E-state index in [1.165, 1.54) is 10.6 Å². The number of piperidine rings is 1. The van der Waals surface area contributed by atoms with Gasteiger partial charge in [-0.1, -0.05) is 43.5 Å². The Labute approximate surface area is 188 Å². The molecule has 1 aromatic heterocycles. The number of nitrogens with one attached hydrogen (secondary N) is 1. The molecule has 1 atom stereocenters. The fourth-order valence-corrected chi connectivity index (χ4v) is 3.99. The zero-order valence-corrected chi connectivity index (χ0v) is 18.8. The van der Waals surface area contributed by atoms with Gasteiger partial charge in [0.2, 0.25) is 5.91 Å². The number of unbranched alkanes of at least 4 members (excludes halogenated alkanes) is 2. The summed E-state index contributed by atoms with van der Waals surface area (Å²) in [6, 6.07) is 8.74. The van der Waals surface area contributed by atoms with E-state index in [0.29, 0.717) is 48.3 Å². The van der Waals surface area contributed by atoms with Crippen LogP contribution >= 0.6 is 11.6 Å². The molecule has 31 heavy (non-hydrogen) atoms. The molecule has 2 aromatic rings. The number of aryl methyl sites for hydroxylation is 1.